The average Bonchev–Trinajstić information content (AvgIpc) is 2.28. The standard InChI is InChI=1S/C12H8F3NO2S/c13-7-1-3-9(11(14)5-7)10-4-2-8(6-12(10)15)19(16,17)18/h1-6H,(H2,16,17,18). The molecule has 0 atom stereocenters. The van der Waals surface area contributed by atoms with E-state index in [4.69, 9.17) is 5.14 Å². The van der Waals surface area contributed by atoms with Gasteiger partial charge in [-0.3, -0.25) is 0 Å². The van der Waals surface area contributed by atoms with E-state index in [0.29, 0.717) is 12.1 Å². The zero-order valence-electron chi connectivity index (χ0n) is 9.40. The van der Waals surface area contributed by atoms with Gasteiger partial charge in [0.25, 0.3) is 0 Å². The zero-order valence-corrected chi connectivity index (χ0v) is 10.2. The van der Waals surface area contributed by atoms with Gasteiger partial charge in [0.05, 0.1) is 4.90 Å². The highest BCUT2D eigenvalue weighted by Gasteiger charge is 2.15. The maximum atomic E-state index is 13.8. The summed E-state index contributed by atoms with van der Waals surface area (Å²) in [5.41, 5.74) is -0.343. The topological polar surface area (TPSA) is 60.2 Å². The van der Waals surface area contributed by atoms with Crippen LogP contribution in [0, 0.1) is 17.5 Å². The molecule has 0 aliphatic heterocycles. The number of hydrogen-bond donors (Lipinski definition) is 1. The second kappa shape index (κ2) is 4.67. The van der Waals surface area contributed by atoms with E-state index < -0.39 is 32.4 Å². The molecule has 0 radical (unpaired) electrons. The van der Waals surface area contributed by atoms with Gasteiger partial charge in [-0.1, -0.05) is 0 Å². The van der Waals surface area contributed by atoms with Gasteiger partial charge >= 0.3 is 0 Å². The first-order valence-electron chi connectivity index (χ1n) is 5.07. The summed E-state index contributed by atoms with van der Waals surface area (Å²) >= 11 is 0. The van der Waals surface area contributed by atoms with Gasteiger partial charge in [0.1, 0.15) is 17.5 Å². The lowest BCUT2D eigenvalue weighted by molar-refractivity contribution is 0.582. The van der Waals surface area contributed by atoms with Crippen molar-refractivity contribution in [2.24, 2.45) is 5.14 Å². The van der Waals surface area contributed by atoms with Gasteiger partial charge in [-0.2, -0.15) is 0 Å². The zero-order chi connectivity index (χ0) is 14.2. The van der Waals surface area contributed by atoms with Crippen LogP contribution >= 0.6 is 0 Å². The Bertz CT molecular complexity index is 745. The molecule has 0 fully saturated rings. The first-order valence-corrected chi connectivity index (χ1v) is 6.61. The number of halogens is 3. The molecular formula is C12H8F3NO2S. The number of rotatable bonds is 2. The summed E-state index contributed by atoms with van der Waals surface area (Å²) in [6.07, 6.45) is 0. The molecule has 0 saturated carbocycles. The largest absolute Gasteiger partial charge is 0.238 e. The highest BCUT2D eigenvalue weighted by atomic mass is 32.2. The van der Waals surface area contributed by atoms with Crippen LogP contribution in [0.1, 0.15) is 0 Å². The van der Waals surface area contributed by atoms with Gasteiger partial charge in [-0.15, -0.1) is 0 Å². The first kappa shape index (κ1) is 13.6. The van der Waals surface area contributed by atoms with E-state index in [2.05, 4.69) is 0 Å². The molecule has 19 heavy (non-hydrogen) atoms. The Morgan fingerprint density at radius 2 is 1.37 bits per heavy atom. The number of hydrogen-bond acceptors (Lipinski definition) is 2. The van der Waals surface area contributed by atoms with Gasteiger partial charge in [0, 0.05) is 17.2 Å². The van der Waals surface area contributed by atoms with E-state index >= 15 is 0 Å². The van der Waals surface area contributed by atoms with Gasteiger partial charge in [0.15, 0.2) is 0 Å². The van der Waals surface area contributed by atoms with E-state index in [9.17, 15) is 21.6 Å². The molecule has 0 spiro atoms. The van der Waals surface area contributed by atoms with Crippen molar-refractivity contribution < 1.29 is 21.6 Å². The van der Waals surface area contributed by atoms with Crippen LogP contribution in [0.2, 0.25) is 0 Å². The van der Waals surface area contributed by atoms with Crippen molar-refractivity contribution in [3.8, 4) is 11.1 Å². The minimum absolute atomic E-state index is 0.167. The van der Waals surface area contributed by atoms with Crippen LogP contribution in [0.4, 0.5) is 13.2 Å². The van der Waals surface area contributed by atoms with Crippen LogP contribution in [0.15, 0.2) is 41.3 Å². The smallest absolute Gasteiger partial charge is 0.225 e. The lowest BCUT2D eigenvalue weighted by atomic mass is 10.0. The van der Waals surface area contributed by atoms with Crippen LogP contribution in [0.25, 0.3) is 11.1 Å². The van der Waals surface area contributed by atoms with E-state index in [1.807, 2.05) is 0 Å². The third-order valence-corrected chi connectivity index (χ3v) is 3.40. The van der Waals surface area contributed by atoms with Gasteiger partial charge in [-0.25, -0.2) is 26.7 Å². The van der Waals surface area contributed by atoms with Crippen LogP contribution in [-0.4, -0.2) is 8.42 Å². The Labute approximate surface area is 107 Å². The highest BCUT2D eigenvalue weighted by molar-refractivity contribution is 7.89. The van der Waals surface area contributed by atoms with Crippen molar-refractivity contribution in [3.63, 3.8) is 0 Å². The normalized spacial score (nSPS) is 11.6. The fraction of sp³-hybridized carbons (Fsp3) is 0. The number of nitrogens with two attached hydrogens (primary N) is 1. The highest BCUT2D eigenvalue weighted by Crippen LogP contribution is 2.27. The molecule has 0 aliphatic carbocycles. The minimum Gasteiger partial charge on any atom is -0.225 e. The molecule has 0 aliphatic rings. The molecule has 0 heterocycles. The summed E-state index contributed by atoms with van der Waals surface area (Å²) in [5.74, 6) is -2.69. The van der Waals surface area contributed by atoms with E-state index in [1.54, 1.807) is 0 Å². The maximum absolute atomic E-state index is 13.8. The molecule has 100 valence electrons. The average molecular weight is 287 g/mol. The molecule has 0 saturated heterocycles. The van der Waals surface area contributed by atoms with Crippen LogP contribution < -0.4 is 5.14 Å². The van der Waals surface area contributed by atoms with Crippen molar-refractivity contribution in [3.05, 3.63) is 53.8 Å². The molecule has 7 heteroatoms. The molecular weight excluding hydrogens is 279 g/mol. The number of benzene rings is 2. The Kier molecular flexibility index (Phi) is 3.34. The molecule has 2 aromatic rings. The minimum atomic E-state index is -4.03. The number of sulfonamides is 1. The predicted molar refractivity (Wildman–Crippen MR) is 63.1 cm³/mol. The quantitative estimate of drug-likeness (QED) is 0.922. The fourth-order valence-corrected chi connectivity index (χ4v) is 2.12. The molecule has 2 N–H and O–H groups in total. The second-order valence-corrected chi connectivity index (χ2v) is 5.37. The summed E-state index contributed by atoms with van der Waals surface area (Å²) < 4.78 is 62.1. The first-order chi connectivity index (χ1) is 8.79. The summed E-state index contributed by atoms with van der Waals surface area (Å²) in [6.45, 7) is 0. The molecule has 0 amide bonds. The Hall–Kier alpha value is -1.86. The molecule has 0 bridgehead atoms. The second-order valence-electron chi connectivity index (χ2n) is 3.81. The van der Waals surface area contributed by atoms with Crippen LogP contribution in [-0.2, 0) is 10.0 Å². The monoisotopic (exact) mass is 287 g/mol. The lowest BCUT2D eigenvalue weighted by Crippen LogP contribution is -2.12. The number of primary sulfonamides is 1. The Balaban J connectivity index is 2.59. The van der Waals surface area contributed by atoms with Crippen molar-refractivity contribution in [1.29, 1.82) is 0 Å². The molecule has 0 aromatic heterocycles. The summed E-state index contributed by atoms with van der Waals surface area (Å²) in [7, 11) is -4.03. The Morgan fingerprint density at radius 3 is 1.84 bits per heavy atom. The van der Waals surface area contributed by atoms with Gasteiger partial charge < -0.3 is 0 Å². The van der Waals surface area contributed by atoms with Crippen molar-refractivity contribution >= 4 is 10.0 Å². The lowest BCUT2D eigenvalue weighted by Gasteiger charge is -2.06. The maximum Gasteiger partial charge on any atom is 0.238 e. The fourth-order valence-electron chi connectivity index (χ4n) is 1.60. The van der Waals surface area contributed by atoms with Crippen molar-refractivity contribution in [2.45, 2.75) is 4.90 Å². The molecule has 3 nitrogen and oxygen atoms in total. The van der Waals surface area contributed by atoms with Gasteiger partial charge in [0.2, 0.25) is 10.0 Å². The summed E-state index contributed by atoms with van der Waals surface area (Å²) in [5, 5.41) is 4.85. The van der Waals surface area contributed by atoms with E-state index in [-0.39, 0.29) is 11.1 Å². The van der Waals surface area contributed by atoms with E-state index in [0.717, 1.165) is 24.3 Å². The summed E-state index contributed by atoms with van der Waals surface area (Å²) in [6, 6.07) is 5.48. The molecule has 0 unspecified atom stereocenters. The third kappa shape index (κ3) is 2.77. The van der Waals surface area contributed by atoms with Gasteiger partial charge in [-0.05, 0) is 30.3 Å². The SMILES string of the molecule is NS(=O)(=O)c1ccc(-c2ccc(F)cc2F)c(F)c1. The summed E-state index contributed by atoms with van der Waals surface area (Å²) in [4.78, 5) is -0.420. The Morgan fingerprint density at radius 1 is 0.842 bits per heavy atom. The molecule has 2 aromatic carbocycles. The predicted octanol–water partition coefficient (Wildman–Crippen LogP) is 2.42. The third-order valence-electron chi connectivity index (χ3n) is 2.49. The van der Waals surface area contributed by atoms with E-state index in [1.165, 1.54) is 0 Å². The van der Waals surface area contributed by atoms with Crippen LogP contribution in [0.3, 0.4) is 0 Å². The van der Waals surface area contributed by atoms with Crippen molar-refractivity contribution in [1.82, 2.24) is 0 Å². The van der Waals surface area contributed by atoms with Crippen molar-refractivity contribution in [2.75, 3.05) is 0 Å². The molecule has 2 rings (SSSR count). The van der Waals surface area contributed by atoms with Crippen LogP contribution in [0.5, 0.6) is 0 Å².